The lowest BCUT2D eigenvalue weighted by atomic mass is 9.85. The zero-order chi connectivity index (χ0) is 16.6. The fourth-order valence-electron chi connectivity index (χ4n) is 3.87. The Hall–Kier alpha value is -1.91. The van der Waals surface area contributed by atoms with E-state index >= 15 is 0 Å². The molecule has 122 valence electrons. The topological polar surface area (TPSA) is 98.5 Å². The van der Waals surface area contributed by atoms with Crippen molar-refractivity contribution in [3.63, 3.8) is 0 Å². The largest absolute Gasteiger partial charge is 0.480 e. The second kappa shape index (κ2) is 5.95. The molecule has 1 saturated heterocycles. The molecule has 1 N–H and O–H groups in total. The molecule has 3 rings (SSSR count). The van der Waals surface area contributed by atoms with E-state index in [0.717, 1.165) is 23.6 Å². The van der Waals surface area contributed by atoms with Crippen LogP contribution < -0.4 is 0 Å². The van der Waals surface area contributed by atoms with E-state index in [-0.39, 0.29) is 22.4 Å². The van der Waals surface area contributed by atoms with Crippen molar-refractivity contribution in [3.05, 3.63) is 29.8 Å². The Morgan fingerprint density at radius 2 is 1.96 bits per heavy atom. The molecular formula is C16H18N2O4S. The van der Waals surface area contributed by atoms with Gasteiger partial charge in [0, 0.05) is 6.04 Å². The maximum Gasteiger partial charge on any atom is 0.322 e. The highest BCUT2D eigenvalue weighted by atomic mass is 32.2. The highest BCUT2D eigenvalue weighted by Gasteiger charge is 2.51. The maximum absolute atomic E-state index is 13.1. The predicted octanol–water partition coefficient (Wildman–Crippen LogP) is 1.96. The molecule has 0 amide bonds. The van der Waals surface area contributed by atoms with Crippen LogP contribution in [0.4, 0.5) is 0 Å². The molecule has 1 saturated carbocycles. The highest BCUT2D eigenvalue weighted by molar-refractivity contribution is 7.89. The van der Waals surface area contributed by atoms with Crippen LogP contribution in [0.1, 0.15) is 37.7 Å². The second-order valence-corrected chi connectivity index (χ2v) is 7.96. The Morgan fingerprint density at radius 3 is 2.65 bits per heavy atom. The van der Waals surface area contributed by atoms with Crippen molar-refractivity contribution in [2.75, 3.05) is 0 Å². The van der Waals surface area contributed by atoms with Crippen LogP contribution in [0.2, 0.25) is 0 Å². The summed E-state index contributed by atoms with van der Waals surface area (Å²) in [5.41, 5.74) is 0.0518. The minimum atomic E-state index is -4.02. The minimum absolute atomic E-state index is 0.0518. The van der Waals surface area contributed by atoms with Crippen molar-refractivity contribution in [1.29, 1.82) is 5.26 Å². The average Bonchev–Trinajstić information content (AvgIpc) is 2.95. The molecule has 0 spiro atoms. The maximum atomic E-state index is 13.1. The summed E-state index contributed by atoms with van der Waals surface area (Å²) in [5, 5.41) is 18.7. The summed E-state index contributed by atoms with van der Waals surface area (Å²) in [6.07, 6.45) is 3.81. The number of sulfonamides is 1. The molecule has 2 aliphatic rings. The van der Waals surface area contributed by atoms with E-state index in [1.807, 2.05) is 6.07 Å². The minimum Gasteiger partial charge on any atom is -0.480 e. The fraction of sp³-hybridized carbons (Fsp3) is 0.500. The molecule has 1 aliphatic heterocycles. The Morgan fingerprint density at radius 1 is 1.26 bits per heavy atom. The number of hydrogen-bond donors (Lipinski definition) is 1. The predicted molar refractivity (Wildman–Crippen MR) is 82.0 cm³/mol. The van der Waals surface area contributed by atoms with Gasteiger partial charge < -0.3 is 5.11 Å². The lowest BCUT2D eigenvalue weighted by Gasteiger charge is -2.32. The SMILES string of the molecule is N#Cc1ccccc1S(=O)(=O)N1[C@H](C(=O)O)C[C@@H]2CCCC[C@@H]21. The number of nitriles is 1. The monoisotopic (exact) mass is 334 g/mol. The van der Waals surface area contributed by atoms with Gasteiger partial charge in [-0.15, -0.1) is 0 Å². The van der Waals surface area contributed by atoms with Gasteiger partial charge in [-0.2, -0.15) is 9.57 Å². The zero-order valence-electron chi connectivity index (χ0n) is 12.6. The van der Waals surface area contributed by atoms with Crippen molar-refractivity contribution in [2.45, 2.75) is 49.1 Å². The van der Waals surface area contributed by atoms with Crippen LogP contribution in [0.15, 0.2) is 29.2 Å². The van der Waals surface area contributed by atoms with Gasteiger partial charge >= 0.3 is 5.97 Å². The quantitative estimate of drug-likeness (QED) is 0.911. The van der Waals surface area contributed by atoms with E-state index in [2.05, 4.69) is 0 Å². The Balaban J connectivity index is 2.09. The molecule has 1 aliphatic carbocycles. The third-order valence-electron chi connectivity index (χ3n) is 4.88. The molecular weight excluding hydrogens is 316 g/mol. The first-order valence-corrected chi connectivity index (χ1v) is 9.16. The van der Waals surface area contributed by atoms with Crippen molar-refractivity contribution in [2.24, 2.45) is 5.92 Å². The summed E-state index contributed by atoms with van der Waals surface area (Å²) in [6, 6.07) is 6.54. The smallest absolute Gasteiger partial charge is 0.322 e. The first-order valence-electron chi connectivity index (χ1n) is 7.72. The molecule has 3 atom stereocenters. The van der Waals surface area contributed by atoms with Crippen LogP contribution in [0.3, 0.4) is 0 Å². The summed E-state index contributed by atoms with van der Waals surface area (Å²) < 4.78 is 27.4. The third-order valence-corrected chi connectivity index (χ3v) is 6.87. The normalized spacial score (nSPS) is 28.0. The van der Waals surface area contributed by atoms with Gasteiger partial charge in [0.25, 0.3) is 0 Å². The number of carbonyl (C=O) groups is 1. The first-order chi connectivity index (χ1) is 11.0. The number of fused-ring (bicyclic) bond motifs is 1. The summed E-state index contributed by atoms with van der Waals surface area (Å²) in [6.45, 7) is 0. The first kappa shape index (κ1) is 16.0. The van der Waals surface area contributed by atoms with Gasteiger partial charge in [0.05, 0.1) is 10.5 Å². The van der Waals surface area contributed by atoms with Crippen LogP contribution >= 0.6 is 0 Å². The van der Waals surface area contributed by atoms with Crippen molar-refractivity contribution in [3.8, 4) is 6.07 Å². The summed E-state index contributed by atoms with van der Waals surface area (Å²) in [7, 11) is -4.02. The summed E-state index contributed by atoms with van der Waals surface area (Å²) in [5.74, 6) is -1.02. The highest BCUT2D eigenvalue weighted by Crippen LogP contribution is 2.43. The number of hydrogen-bond acceptors (Lipinski definition) is 4. The molecule has 7 heteroatoms. The van der Waals surface area contributed by atoms with Gasteiger partial charge in [-0.05, 0) is 37.3 Å². The zero-order valence-corrected chi connectivity index (χ0v) is 13.4. The Bertz CT molecular complexity index is 769. The Kier molecular flexibility index (Phi) is 4.13. The molecule has 0 bridgehead atoms. The van der Waals surface area contributed by atoms with Crippen LogP contribution in [0.5, 0.6) is 0 Å². The number of carboxylic acid groups (broad SMARTS) is 1. The molecule has 0 aromatic heterocycles. The third kappa shape index (κ3) is 2.62. The van der Waals surface area contributed by atoms with Crippen LogP contribution in [0.25, 0.3) is 0 Å². The van der Waals surface area contributed by atoms with Crippen molar-refractivity contribution in [1.82, 2.24) is 4.31 Å². The van der Waals surface area contributed by atoms with Gasteiger partial charge in [-0.25, -0.2) is 8.42 Å². The van der Waals surface area contributed by atoms with Crippen LogP contribution in [0, 0.1) is 17.2 Å². The lowest BCUT2D eigenvalue weighted by molar-refractivity contribution is -0.141. The van der Waals surface area contributed by atoms with E-state index in [0.29, 0.717) is 12.8 Å². The molecule has 2 fully saturated rings. The molecule has 0 radical (unpaired) electrons. The Labute approximate surface area is 135 Å². The van der Waals surface area contributed by atoms with Crippen molar-refractivity contribution < 1.29 is 18.3 Å². The van der Waals surface area contributed by atoms with E-state index < -0.39 is 22.0 Å². The fourth-order valence-corrected chi connectivity index (χ4v) is 5.89. The van der Waals surface area contributed by atoms with E-state index in [4.69, 9.17) is 0 Å². The van der Waals surface area contributed by atoms with E-state index in [1.165, 1.54) is 12.1 Å². The summed E-state index contributed by atoms with van der Waals surface area (Å²) in [4.78, 5) is 11.5. The second-order valence-electron chi connectivity index (χ2n) is 6.14. The van der Waals surface area contributed by atoms with Gasteiger partial charge in [0.15, 0.2) is 0 Å². The standard InChI is InChI=1S/C16H18N2O4S/c17-10-12-6-2-4-8-15(12)23(21,22)18-13-7-3-1-5-11(13)9-14(18)16(19)20/h2,4,6,8,11,13-14H,1,3,5,7,9H2,(H,19,20)/t11-,13-,14-/m0/s1. The van der Waals surface area contributed by atoms with Crippen LogP contribution in [-0.4, -0.2) is 35.9 Å². The summed E-state index contributed by atoms with van der Waals surface area (Å²) >= 11 is 0. The molecule has 1 aromatic rings. The van der Waals surface area contributed by atoms with E-state index in [9.17, 15) is 23.6 Å². The molecule has 6 nitrogen and oxygen atoms in total. The van der Waals surface area contributed by atoms with Crippen molar-refractivity contribution >= 4 is 16.0 Å². The van der Waals surface area contributed by atoms with Gasteiger partial charge in [0.2, 0.25) is 10.0 Å². The average molecular weight is 334 g/mol. The lowest BCUT2D eigenvalue weighted by Crippen LogP contribution is -2.46. The molecule has 1 heterocycles. The number of aliphatic carboxylic acids is 1. The van der Waals surface area contributed by atoms with Gasteiger partial charge in [-0.1, -0.05) is 25.0 Å². The number of rotatable bonds is 3. The molecule has 1 aromatic carbocycles. The van der Waals surface area contributed by atoms with Gasteiger partial charge in [-0.3, -0.25) is 4.79 Å². The molecule has 0 unspecified atom stereocenters. The number of carboxylic acids is 1. The van der Waals surface area contributed by atoms with Gasteiger partial charge in [0.1, 0.15) is 12.1 Å². The molecule has 23 heavy (non-hydrogen) atoms. The van der Waals surface area contributed by atoms with E-state index in [1.54, 1.807) is 12.1 Å². The number of nitrogens with zero attached hydrogens (tertiary/aromatic N) is 2. The van der Waals surface area contributed by atoms with Crippen LogP contribution in [-0.2, 0) is 14.8 Å². The number of benzene rings is 1.